The average Bonchev–Trinajstić information content (AvgIpc) is 2.87. The molecule has 7 heteroatoms. The van der Waals surface area contributed by atoms with E-state index in [2.05, 4.69) is 9.72 Å². The lowest BCUT2D eigenvalue weighted by Crippen LogP contribution is -2.26. The smallest absolute Gasteiger partial charge is 0.427 e. The Morgan fingerprint density at radius 1 is 1.35 bits per heavy atom. The van der Waals surface area contributed by atoms with Gasteiger partial charge in [-0.15, -0.1) is 0 Å². The van der Waals surface area contributed by atoms with E-state index in [4.69, 9.17) is 4.74 Å². The lowest BCUT2D eigenvalue weighted by atomic mass is 10.2. The second kappa shape index (κ2) is 5.96. The molecule has 0 bridgehead atoms. The number of aromatic nitrogens is 2. The van der Waals surface area contributed by atoms with Crippen molar-refractivity contribution >= 4 is 0 Å². The monoisotopic (exact) mass is 286 g/mol. The van der Waals surface area contributed by atoms with Gasteiger partial charge in [-0.25, -0.2) is 9.37 Å². The SMILES string of the molecule is COCn1ccnc1-c1cccc(OC(F)(F)CF)c1. The highest BCUT2D eigenvalue weighted by molar-refractivity contribution is 5.58. The van der Waals surface area contributed by atoms with Crippen molar-refractivity contribution in [1.29, 1.82) is 0 Å². The lowest BCUT2D eigenvalue weighted by molar-refractivity contribution is -0.186. The van der Waals surface area contributed by atoms with E-state index in [-0.39, 0.29) is 12.5 Å². The van der Waals surface area contributed by atoms with Crippen LogP contribution in [0.3, 0.4) is 0 Å². The number of ether oxygens (including phenoxy) is 2. The first kappa shape index (κ1) is 14.4. The molecule has 2 aromatic rings. The number of benzene rings is 1. The van der Waals surface area contributed by atoms with Crippen LogP contribution in [0.5, 0.6) is 5.75 Å². The number of imidazole rings is 1. The number of nitrogens with zero attached hydrogens (tertiary/aromatic N) is 2. The summed E-state index contributed by atoms with van der Waals surface area (Å²) in [6.07, 6.45) is -0.568. The van der Waals surface area contributed by atoms with Gasteiger partial charge in [-0.3, -0.25) is 0 Å². The van der Waals surface area contributed by atoms with Crippen LogP contribution >= 0.6 is 0 Å². The summed E-state index contributed by atoms with van der Waals surface area (Å²) < 4.78 is 48.8. The molecule has 0 radical (unpaired) electrons. The molecule has 0 aliphatic rings. The largest absolute Gasteiger partial charge is 0.431 e. The number of hydrogen-bond acceptors (Lipinski definition) is 3. The Kier molecular flexibility index (Phi) is 4.29. The van der Waals surface area contributed by atoms with Gasteiger partial charge in [-0.2, -0.15) is 8.78 Å². The third-order valence-electron chi connectivity index (χ3n) is 2.50. The molecule has 0 atom stereocenters. The lowest BCUT2D eigenvalue weighted by Gasteiger charge is -2.15. The van der Waals surface area contributed by atoms with Crippen LogP contribution in [0.4, 0.5) is 13.2 Å². The third kappa shape index (κ3) is 3.30. The topological polar surface area (TPSA) is 36.3 Å². The van der Waals surface area contributed by atoms with Crippen LogP contribution in [0, 0.1) is 0 Å². The molecule has 0 spiro atoms. The van der Waals surface area contributed by atoms with Gasteiger partial charge < -0.3 is 14.0 Å². The molecule has 0 amide bonds. The summed E-state index contributed by atoms with van der Waals surface area (Å²) in [7, 11) is 1.53. The molecule has 108 valence electrons. The molecule has 1 aromatic heterocycles. The minimum absolute atomic E-state index is 0.128. The number of methoxy groups -OCH3 is 1. The molecular weight excluding hydrogens is 273 g/mol. The van der Waals surface area contributed by atoms with Gasteiger partial charge in [0.2, 0.25) is 0 Å². The minimum atomic E-state index is -3.83. The van der Waals surface area contributed by atoms with E-state index in [1.54, 1.807) is 23.0 Å². The summed E-state index contributed by atoms with van der Waals surface area (Å²) in [5.74, 6) is 0.415. The van der Waals surface area contributed by atoms with Crippen molar-refractivity contribution in [3.63, 3.8) is 0 Å². The van der Waals surface area contributed by atoms with E-state index >= 15 is 0 Å². The Morgan fingerprint density at radius 3 is 2.85 bits per heavy atom. The fourth-order valence-electron chi connectivity index (χ4n) is 1.71. The standard InChI is InChI=1S/C13H13F3N2O2/c1-19-9-18-6-5-17-12(18)10-3-2-4-11(7-10)20-13(15,16)8-14/h2-7H,8-9H2,1H3. The molecule has 4 nitrogen and oxygen atoms in total. The number of halogens is 3. The van der Waals surface area contributed by atoms with Crippen LogP contribution in [-0.2, 0) is 11.5 Å². The predicted octanol–water partition coefficient (Wildman–Crippen LogP) is 3.10. The summed E-state index contributed by atoms with van der Waals surface area (Å²) in [5, 5.41) is 0. The van der Waals surface area contributed by atoms with E-state index in [9.17, 15) is 13.2 Å². The second-order valence-corrected chi connectivity index (χ2v) is 4.04. The summed E-state index contributed by atoms with van der Waals surface area (Å²) in [5.41, 5.74) is 0.569. The third-order valence-corrected chi connectivity index (χ3v) is 2.50. The number of hydrogen-bond donors (Lipinski definition) is 0. The van der Waals surface area contributed by atoms with Crippen LogP contribution in [0.15, 0.2) is 36.7 Å². The summed E-state index contributed by atoms with van der Waals surface area (Å²) >= 11 is 0. The first-order valence-electron chi connectivity index (χ1n) is 5.79. The van der Waals surface area contributed by atoms with Crippen molar-refractivity contribution in [3.8, 4) is 17.1 Å². The quantitative estimate of drug-likeness (QED) is 0.818. The average molecular weight is 286 g/mol. The Labute approximate surface area is 113 Å². The van der Waals surface area contributed by atoms with E-state index < -0.39 is 12.8 Å². The maximum atomic E-state index is 12.9. The zero-order valence-corrected chi connectivity index (χ0v) is 10.7. The molecule has 1 aromatic carbocycles. The Bertz CT molecular complexity index is 572. The maximum absolute atomic E-state index is 12.9. The van der Waals surface area contributed by atoms with Gasteiger partial charge in [-0.05, 0) is 12.1 Å². The first-order chi connectivity index (χ1) is 9.55. The molecule has 0 fully saturated rings. The molecule has 0 saturated heterocycles. The molecule has 0 aliphatic heterocycles. The fraction of sp³-hybridized carbons (Fsp3) is 0.308. The van der Waals surface area contributed by atoms with Crippen LogP contribution in [0.2, 0.25) is 0 Å². The van der Waals surface area contributed by atoms with E-state index in [1.807, 2.05) is 0 Å². The van der Waals surface area contributed by atoms with E-state index in [1.165, 1.54) is 25.3 Å². The van der Waals surface area contributed by atoms with Crippen molar-refractivity contribution in [2.75, 3.05) is 13.8 Å². The van der Waals surface area contributed by atoms with Gasteiger partial charge >= 0.3 is 6.11 Å². The van der Waals surface area contributed by atoms with E-state index in [0.29, 0.717) is 11.4 Å². The van der Waals surface area contributed by atoms with Crippen LogP contribution in [0.25, 0.3) is 11.4 Å². The van der Waals surface area contributed by atoms with Crippen molar-refractivity contribution in [2.24, 2.45) is 0 Å². The molecule has 2 rings (SSSR count). The normalized spacial score (nSPS) is 11.6. The highest BCUT2D eigenvalue weighted by Crippen LogP contribution is 2.27. The first-order valence-corrected chi connectivity index (χ1v) is 5.79. The molecular formula is C13H13F3N2O2. The predicted molar refractivity (Wildman–Crippen MR) is 66.2 cm³/mol. The van der Waals surface area contributed by atoms with Crippen molar-refractivity contribution in [2.45, 2.75) is 12.8 Å². The Balaban J connectivity index is 2.27. The fourth-order valence-corrected chi connectivity index (χ4v) is 1.71. The molecule has 0 aliphatic carbocycles. The van der Waals surface area contributed by atoms with Crippen molar-refractivity contribution < 1.29 is 22.6 Å². The second-order valence-electron chi connectivity index (χ2n) is 4.04. The van der Waals surface area contributed by atoms with E-state index in [0.717, 1.165) is 0 Å². The number of alkyl halides is 3. The van der Waals surface area contributed by atoms with Gasteiger partial charge in [0.1, 0.15) is 18.3 Å². The molecule has 1 heterocycles. The Morgan fingerprint density at radius 2 is 2.15 bits per heavy atom. The highest BCUT2D eigenvalue weighted by atomic mass is 19.3. The van der Waals surface area contributed by atoms with Gasteiger partial charge in [-0.1, -0.05) is 12.1 Å². The molecule has 0 saturated carbocycles. The van der Waals surface area contributed by atoms with Crippen molar-refractivity contribution in [3.05, 3.63) is 36.7 Å². The van der Waals surface area contributed by atoms with Gasteiger partial charge in [0.15, 0.2) is 6.67 Å². The Hall–Kier alpha value is -2.02. The summed E-state index contributed by atoms with van der Waals surface area (Å²) in [4.78, 5) is 4.13. The molecule has 20 heavy (non-hydrogen) atoms. The van der Waals surface area contributed by atoms with Gasteiger partial charge in [0, 0.05) is 25.1 Å². The van der Waals surface area contributed by atoms with Gasteiger partial charge in [0.25, 0.3) is 0 Å². The number of rotatable bonds is 6. The maximum Gasteiger partial charge on any atom is 0.427 e. The summed E-state index contributed by atoms with van der Waals surface area (Å²) in [6.45, 7) is -1.60. The van der Waals surface area contributed by atoms with Crippen molar-refractivity contribution in [1.82, 2.24) is 9.55 Å². The van der Waals surface area contributed by atoms with Gasteiger partial charge in [0.05, 0.1) is 0 Å². The summed E-state index contributed by atoms with van der Waals surface area (Å²) in [6, 6.07) is 5.93. The highest BCUT2D eigenvalue weighted by Gasteiger charge is 2.31. The zero-order valence-electron chi connectivity index (χ0n) is 10.7. The van der Waals surface area contributed by atoms with Crippen LogP contribution < -0.4 is 4.74 Å². The van der Waals surface area contributed by atoms with Crippen LogP contribution in [-0.4, -0.2) is 29.4 Å². The molecule has 0 unspecified atom stereocenters. The zero-order chi connectivity index (χ0) is 14.6. The molecule has 0 N–H and O–H groups in total. The van der Waals surface area contributed by atoms with Crippen LogP contribution in [0.1, 0.15) is 0 Å². The minimum Gasteiger partial charge on any atom is -0.431 e.